The van der Waals surface area contributed by atoms with Gasteiger partial charge in [-0.1, -0.05) is 63.5 Å². The van der Waals surface area contributed by atoms with Crippen molar-refractivity contribution in [3.63, 3.8) is 0 Å². The fourth-order valence-corrected chi connectivity index (χ4v) is 5.28. The number of ether oxygens (including phenoxy) is 2. The van der Waals surface area contributed by atoms with Gasteiger partial charge in [-0.2, -0.15) is 0 Å². The van der Waals surface area contributed by atoms with Crippen LogP contribution in [0.2, 0.25) is 0 Å². The summed E-state index contributed by atoms with van der Waals surface area (Å²) in [7, 11) is 0. The summed E-state index contributed by atoms with van der Waals surface area (Å²) in [6.45, 7) is 0.218. The molecule has 0 aromatic heterocycles. The molecule has 1 aliphatic heterocycles. The number of aliphatic imine (C=N–C) groups is 1. The maximum absolute atomic E-state index is 14.3. The van der Waals surface area contributed by atoms with Gasteiger partial charge in [0.15, 0.2) is 11.6 Å². The third kappa shape index (κ3) is 7.52. The van der Waals surface area contributed by atoms with Gasteiger partial charge in [0.1, 0.15) is 17.4 Å². The van der Waals surface area contributed by atoms with Crippen molar-refractivity contribution >= 4 is 33.4 Å². The Bertz CT molecular complexity index is 1770. The summed E-state index contributed by atoms with van der Waals surface area (Å²) in [4.78, 5) is 22.2. The summed E-state index contributed by atoms with van der Waals surface area (Å²) < 4.78 is 40.7. The summed E-state index contributed by atoms with van der Waals surface area (Å²) >= 11 is 3.44. The summed E-state index contributed by atoms with van der Waals surface area (Å²) in [5.41, 5.74) is 15.2. The van der Waals surface area contributed by atoms with Crippen molar-refractivity contribution in [2.45, 2.75) is 31.0 Å². The number of rotatable bonds is 13. The zero-order valence-electron chi connectivity index (χ0n) is 24.4. The number of aliphatic hydroxyl groups excluding tert-OH is 1. The van der Waals surface area contributed by atoms with Gasteiger partial charge >= 0.3 is 0 Å². The number of amides is 1. The highest BCUT2D eigenvalue weighted by Crippen LogP contribution is 2.45. The van der Waals surface area contributed by atoms with Gasteiger partial charge in [-0.3, -0.25) is 10.2 Å². The number of nitrogens with zero attached hydrogens (tertiary/aromatic N) is 4. The molecule has 0 fully saturated rings. The van der Waals surface area contributed by atoms with Crippen molar-refractivity contribution in [3.05, 3.63) is 140 Å². The highest BCUT2D eigenvalue weighted by Gasteiger charge is 2.54. The largest absolute Gasteiger partial charge is 0.494 e. The first-order valence-electron chi connectivity index (χ1n) is 14.3. The van der Waals surface area contributed by atoms with E-state index in [9.17, 15) is 19.1 Å². The molecule has 0 aliphatic carbocycles. The van der Waals surface area contributed by atoms with Crippen LogP contribution in [0, 0.1) is 11.6 Å². The van der Waals surface area contributed by atoms with Crippen LogP contribution in [0.4, 0.5) is 14.5 Å². The first-order chi connectivity index (χ1) is 22.3. The Morgan fingerprint density at radius 3 is 2.57 bits per heavy atom. The van der Waals surface area contributed by atoms with Crippen molar-refractivity contribution in [3.8, 4) is 5.75 Å². The van der Waals surface area contributed by atoms with Crippen LogP contribution in [-0.4, -0.2) is 35.7 Å². The van der Waals surface area contributed by atoms with Gasteiger partial charge in [0.25, 0.3) is 5.91 Å². The number of benzene rings is 4. The van der Waals surface area contributed by atoms with E-state index in [0.29, 0.717) is 29.9 Å². The van der Waals surface area contributed by atoms with Crippen LogP contribution >= 0.6 is 15.9 Å². The molecule has 1 amide bonds. The number of hydrogen-bond acceptors (Lipinski definition) is 7. The molecule has 10 nitrogen and oxygen atoms in total. The predicted octanol–water partition coefficient (Wildman–Crippen LogP) is 6.75. The molecule has 0 spiro atoms. The minimum atomic E-state index is -1.64. The zero-order valence-corrected chi connectivity index (χ0v) is 26.0. The molecule has 2 atom stereocenters. The zero-order chi connectivity index (χ0) is 32.5. The van der Waals surface area contributed by atoms with Gasteiger partial charge in [-0.15, -0.1) is 0 Å². The van der Waals surface area contributed by atoms with Crippen LogP contribution in [0.3, 0.4) is 0 Å². The molecular weight excluding hydrogens is 662 g/mol. The van der Waals surface area contributed by atoms with E-state index in [2.05, 4.69) is 36.8 Å². The van der Waals surface area contributed by atoms with E-state index in [1.165, 1.54) is 6.07 Å². The summed E-state index contributed by atoms with van der Waals surface area (Å²) in [5, 5.41) is 12.9. The quantitative estimate of drug-likeness (QED) is 0.0468. The van der Waals surface area contributed by atoms with Crippen molar-refractivity contribution in [1.82, 2.24) is 10.9 Å². The van der Waals surface area contributed by atoms with Crippen molar-refractivity contribution in [1.29, 1.82) is 0 Å². The number of carbonyl (C=O) groups excluding carboxylic acids is 1. The van der Waals surface area contributed by atoms with Gasteiger partial charge in [-0.25, -0.2) is 19.2 Å². The monoisotopic (exact) mass is 690 g/mol. The minimum Gasteiger partial charge on any atom is -0.494 e. The highest BCUT2D eigenvalue weighted by atomic mass is 79.9. The van der Waals surface area contributed by atoms with Crippen LogP contribution in [0.25, 0.3) is 10.4 Å². The number of hydrazine groups is 1. The lowest BCUT2D eigenvalue weighted by Crippen LogP contribution is -2.53. The van der Waals surface area contributed by atoms with Gasteiger partial charge in [0.2, 0.25) is 5.90 Å². The lowest BCUT2D eigenvalue weighted by molar-refractivity contribution is -0.130. The lowest BCUT2D eigenvalue weighted by atomic mass is 9.81. The molecule has 4 aromatic rings. The normalized spacial score (nSPS) is 17.0. The van der Waals surface area contributed by atoms with Crippen molar-refractivity contribution in [2.24, 2.45) is 10.1 Å². The van der Waals surface area contributed by atoms with Crippen LogP contribution in [0.15, 0.2) is 106 Å². The topological polar surface area (TPSA) is 141 Å². The standard InChI is InChI=1S/C33H29BrF2N6O4/c34-24-11-6-21(7-12-24)19-33(32(44)41-38-20-23-8-13-25(35)18-28(23)36)30(27-4-1-2-5-29(27)40-42-37)46-31(39-33)22-9-14-26(15-10-22)45-17-3-16-43/h1-2,4-15,18,30,38,43H,3,16-17,19-20H2,(H,41,44)/t30-,33-/m0/s1. The smallest absolute Gasteiger partial charge is 0.266 e. The number of hydrogen-bond donors (Lipinski definition) is 3. The molecule has 1 aliphatic rings. The number of carbonyl (C=O) groups is 1. The molecule has 0 saturated heterocycles. The molecule has 0 bridgehead atoms. The van der Waals surface area contributed by atoms with Gasteiger partial charge in [-0.05, 0) is 53.6 Å². The fraction of sp³-hybridized carbons (Fsp3) is 0.212. The van der Waals surface area contributed by atoms with E-state index in [0.717, 1.165) is 22.2 Å². The molecule has 4 aromatic carbocycles. The number of halogens is 3. The Morgan fingerprint density at radius 2 is 1.85 bits per heavy atom. The van der Waals surface area contributed by atoms with Crippen molar-refractivity contribution in [2.75, 3.05) is 13.2 Å². The first kappa shape index (κ1) is 32.6. The number of azide groups is 1. The lowest BCUT2D eigenvalue weighted by Gasteiger charge is -2.31. The minimum absolute atomic E-state index is 0.0116. The molecule has 5 rings (SSSR count). The fourth-order valence-electron chi connectivity index (χ4n) is 5.01. The predicted molar refractivity (Wildman–Crippen MR) is 171 cm³/mol. The summed E-state index contributed by atoms with van der Waals surface area (Å²) in [6.07, 6.45) is -0.503. The van der Waals surface area contributed by atoms with E-state index in [-0.39, 0.29) is 36.7 Å². The van der Waals surface area contributed by atoms with Crippen LogP contribution in [-0.2, 0) is 22.5 Å². The second-order valence-corrected chi connectivity index (χ2v) is 11.3. The van der Waals surface area contributed by atoms with E-state index >= 15 is 0 Å². The maximum atomic E-state index is 14.3. The average Bonchev–Trinajstić information content (AvgIpc) is 3.44. The Kier molecular flexibility index (Phi) is 10.6. The Morgan fingerprint density at radius 1 is 1.09 bits per heavy atom. The molecule has 0 radical (unpaired) electrons. The van der Waals surface area contributed by atoms with Crippen LogP contribution in [0.5, 0.6) is 5.75 Å². The molecule has 1 heterocycles. The first-order valence-corrected chi connectivity index (χ1v) is 15.1. The number of aliphatic hydroxyl groups is 1. The Labute approximate surface area is 271 Å². The van der Waals surface area contributed by atoms with Crippen LogP contribution < -0.4 is 15.6 Å². The second kappa shape index (κ2) is 15.0. The Hall–Kier alpha value is -4.81. The molecule has 0 saturated carbocycles. The van der Waals surface area contributed by atoms with E-state index in [1.807, 2.05) is 24.3 Å². The molecule has 3 N–H and O–H groups in total. The molecule has 236 valence electrons. The summed E-state index contributed by atoms with van der Waals surface area (Å²) in [5.74, 6) is -1.33. The van der Waals surface area contributed by atoms with Crippen molar-refractivity contribution < 1.29 is 28.2 Å². The van der Waals surface area contributed by atoms with E-state index in [4.69, 9.17) is 19.6 Å². The maximum Gasteiger partial charge on any atom is 0.266 e. The number of nitrogens with one attached hydrogen (secondary N) is 2. The van der Waals surface area contributed by atoms with E-state index in [1.54, 1.807) is 48.5 Å². The Balaban J connectivity index is 1.56. The second-order valence-electron chi connectivity index (χ2n) is 10.4. The van der Waals surface area contributed by atoms with Crippen LogP contribution in [0.1, 0.15) is 34.8 Å². The summed E-state index contributed by atoms with van der Waals surface area (Å²) in [6, 6.07) is 24.3. The third-order valence-electron chi connectivity index (χ3n) is 7.28. The van der Waals surface area contributed by atoms with Gasteiger partial charge in [0, 0.05) is 63.8 Å². The molecule has 0 unspecified atom stereocenters. The SMILES string of the molecule is [N-]=[N+]=Nc1ccccc1[C@@H]1OC(c2ccc(OCCCO)cc2)=N[C@]1(Cc1ccc(Br)cc1)C(=O)NNCc1ccc(F)cc1F. The highest BCUT2D eigenvalue weighted by molar-refractivity contribution is 9.10. The van der Waals surface area contributed by atoms with Gasteiger partial charge in [0.05, 0.1) is 6.61 Å². The molecule has 13 heteroatoms. The average molecular weight is 692 g/mol. The van der Waals surface area contributed by atoms with E-state index < -0.39 is 29.2 Å². The molecule has 46 heavy (non-hydrogen) atoms. The third-order valence-corrected chi connectivity index (χ3v) is 7.81. The molecular formula is C33H29BrF2N6O4. The van der Waals surface area contributed by atoms with Gasteiger partial charge < -0.3 is 14.6 Å².